The molecule has 0 spiro atoms. The molecular weight excluding hydrogens is 240 g/mol. The highest BCUT2D eigenvalue weighted by Gasteiger charge is 2.13. The van der Waals surface area contributed by atoms with E-state index in [9.17, 15) is 4.79 Å². The number of hydrogen-bond donors (Lipinski definition) is 2. The standard InChI is InChI=1S/C14H20N4O/c1-4-15-14(19)10(2)16-9-13-17-11-7-5-6-8-12(11)18(13)3/h5-8,10,16H,4,9H2,1-3H3,(H,15,19). The molecule has 2 rings (SSSR count). The van der Waals surface area contributed by atoms with Crippen LogP contribution in [0.5, 0.6) is 0 Å². The van der Waals surface area contributed by atoms with Gasteiger partial charge in [-0.2, -0.15) is 0 Å². The van der Waals surface area contributed by atoms with Crippen molar-refractivity contribution in [3.05, 3.63) is 30.1 Å². The molecule has 0 aliphatic heterocycles. The van der Waals surface area contributed by atoms with Gasteiger partial charge in [0.15, 0.2) is 0 Å². The van der Waals surface area contributed by atoms with E-state index >= 15 is 0 Å². The van der Waals surface area contributed by atoms with Gasteiger partial charge in [-0.25, -0.2) is 4.98 Å². The summed E-state index contributed by atoms with van der Waals surface area (Å²) in [7, 11) is 1.99. The summed E-state index contributed by atoms with van der Waals surface area (Å²) >= 11 is 0. The largest absolute Gasteiger partial charge is 0.355 e. The van der Waals surface area contributed by atoms with Crippen molar-refractivity contribution in [1.29, 1.82) is 0 Å². The Morgan fingerprint density at radius 3 is 2.84 bits per heavy atom. The van der Waals surface area contributed by atoms with Gasteiger partial charge in [0.2, 0.25) is 5.91 Å². The van der Waals surface area contributed by atoms with Crippen LogP contribution < -0.4 is 10.6 Å². The Morgan fingerprint density at radius 2 is 2.16 bits per heavy atom. The number of nitrogens with zero attached hydrogens (tertiary/aromatic N) is 2. The van der Waals surface area contributed by atoms with E-state index in [1.807, 2.05) is 49.7 Å². The van der Waals surface area contributed by atoms with Crippen molar-refractivity contribution in [2.75, 3.05) is 6.54 Å². The number of rotatable bonds is 5. The van der Waals surface area contributed by atoms with Gasteiger partial charge in [0.05, 0.1) is 23.6 Å². The minimum Gasteiger partial charge on any atom is -0.355 e. The first-order valence-electron chi connectivity index (χ1n) is 6.55. The van der Waals surface area contributed by atoms with Crippen molar-refractivity contribution in [3.63, 3.8) is 0 Å². The van der Waals surface area contributed by atoms with Gasteiger partial charge in [0.25, 0.3) is 0 Å². The lowest BCUT2D eigenvalue weighted by atomic mass is 10.3. The number of amides is 1. The number of aryl methyl sites for hydroxylation is 1. The Morgan fingerprint density at radius 1 is 1.42 bits per heavy atom. The van der Waals surface area contributed by atoms with Crippen molar-refractivity contribution in [2.45, 2.75) is 26.4 Å². The first-order valence-corrected chi connectivity index (χ1v) is 6.55. The van der Waals surface area contributed by atoms with E-state index in [2.05, 4.69) is 15.6 Å². The molecule has 2 aromatic rings. The number of aromatic nitrogens is 2. The highest BCUT2D eigenvalue weighted by Crippen LogP contribution is 2.13. The molecular formula is C14H20N4O. The Kier molecular flexibility index (Phi) is 4.16. The first kappa shape index (κ1) is 13.5. The summed E-state index contributed by atoms with van der Waals surface area (Å²) in [6.07, 6.45) is 0. The van der Waals surface area contributed by atoms with Crippen molar-refractivity contribution < 1.29 is 4.79 Å². The summed E-state index contributed by atoms with van der Waals surface area (Å²) in [6, 6.07) is 7.79. The molecule has 0 radical (unpaired) electrons. The Balaban J connectivity index is 2.06. The summed E-state index contributed by atoms with van der Waals surface area (Å²) in [5.74, 6) is 0.943. The van der Waals surface area contributed by atoms with E-state index < -0.39 is 0 Å². The number of para-hydroxylation sites is 2. The number of hydrogen-bond acceptors (Lipinski definition) is 3. The van der Waals surface area contributed by atoms with Gasteiger partial charge in [-0.3, -0.25) is 10.1 Å². The van der Waals surface area contributed by atoms with Gasteiger partial charge in [-0.15, -0.1) is 0 Å². The molecule has 5 nitrogen and oxygen atoms in total. The van der Waals surface area contributed by atoms with Crippen LogP contribution in [0.1, 0.15) is 19.7 Å². The Labute approximate surface area is 113 Å². The number of benzene rings is 1. The maximum Gasteiger partial charge on any atom is 0.236 e. The normalized spacial score (nSPS) is 12.6. The van der Waals surface area contributed by atoms with Crippen LogP contribution >= 0.6 is 0 Å². The van der Waals surface area contributed by atoms with Crippen molar-refractivity contribution in [1.82, 2.24) is 20.2 Å². The quantitative estimate of drug-likeness (QED) is 0.849. The third kappa shape index (κ3) is 2.93. The maximum absolute atomic E-state index is 11.6. The molecule has 1 aromatic carbocycles. The second-order valence-electron chi connectivity index (χ2n) is 4.57. The van der Waals surface area contributed by atoms with E-state index in [4.69, 9.17) is 0 Å². The molecule has 102 valence electrons. The fraction of sp³-hybridized carbons (Fsp3) is 0.429. The molecule has 5 heteroatoms. The van der Waals surface area contributed by atoms with E-state index in [1.165, 1.54) is 0 Å². The van der Waals surface area contributed by atoms with Crippen LogP contribution in [0, 0.1) is 0 Å². The number of fused-ring (bicyclic) bond motifs is 1. The monoisotopic (exact) mass is 260 g/mol. The molecule has 1 aromatic heterocycles. The highest BCUT2D eigenvalue weighted by molar-refractivity contribution is 5.81. The molecule has 0 saturated heterocycles. The SMILES string of the molecule is CCNC(=O)C(C)NCc1nc2ccccc2n1C. The maximum atomic E-state index is 11.6. The second-order valence-corrected chi connectivity index (χ2v) is 4.57. The summed E-state index contributed by atoms with van der Waals surface area (Å²) in [5.41, 5.74) is 2.08. The van der Waals surface area contributed by atoms with Crippen LogP contribution in [0.25, 0.3) is 11.0 Å². The lowest BCUT2D eigenvalue weighted by Gasteiger charge is -2.12. The molecule has 1 heterocycles. The number of nitrogens with one attached hydrogen (secondary N) is 2. The highest BCUT2D eigenvalue weighted by atomic mass is 16.2. The molecule has 0 aliphatic rings. The summed E-state index contributed by atoms with van der Waals surface area (Å²) in [6.45, 7) is 4.99. The second kappa shape index (κ2) is 5.84. The van der Waals surface area contributed by atoms with Crippen molar-refractivity contribution in [2.24, 2.45) is 7.05 Å². The van der Waals surface area contributed by atoms with Crippen molar-refractivity contribution in [3.8, 4) is 0 Å². The third-order valence-corrected chi connectivity index (χ3v) is 3.19. The lowest BCUT2D eigenvalue weighted by Crippen LogP contribution is -2.42. The van der Waals surface area contributed by atoms with Crippen LogP contribution in [0.3, 0.4) is 0 Å². The first-order chi connectivity index (χ1) is 9.13. The molecule has 2 N–H and O–H groups in total. The van der Waals surface area contributed by atoms with E-state index in [-0.39, 0.29) is 11.9 Å². The van der Waals surface area contributed by atoms with Gasteiger partial charge in [0.1, 0.15) is 5.82 Å². The zero-order chi connectivity index (χ0) is 13.8. The lowest BCUT2D eigenvalue weighted by molar-refractivity contribution is -0.122. The zero-order valence-corrected chi connectivity index (χ0v) is 11.6. The zero-order valence-electron chi connectivity index (χ0n) is 11.6. The van der Waals surface area contributed by atoms with E-state index in [0.29, 0.717) is 13.1 Å². The van der Waals surface area contributed by atoms with Crippen LogP contribution in [0.4, 0.5) is 0 Å². The average molecular weight is 260 g/mol. The number of likely N-dealkylation sites (N-methyl/N-ethyl adjacent to an activating group) is 1. The number of carbonyl (C=O) groups is 1. The third-order valence-electron chi connectivity index (χ3n) is 3.19. The summed E-state index contributed by atoms with van der Waals surface area (Å²) in [4.78, 5) is 16.2. The molecule has 19 heavy (non-hydrogen) atoms. The predicted molar refractivity (Wildman–Crippen MR) is 75.7 cm³/mol. The topological polar surface area (TPSA) is 59.0 Å². The Hall–Kier alpha value is -1.88. The summed E-state index contributed by atoms with van der Waals surface area (Å²) in [5, 5.41) is 5.98. The van der Waals surface area contributed by atoms with Gasteiger partial charge in [0, 0.05) is 13.6 Å². The fourth-order valence-electron chi connectivity index (χ4n) is 2.02. The van der Waals surface area contributed by atoms with Gasteiger partial charge < -0.3 is 9.88 Å². The molecule has 1 atom stereocenters. The van der Waals surface area contributed by atoms with Crippen LogP contribution in [-0.4, -0.2) is 28.0 Å². The molecule has 1 amide bonds. The smallest absolute Gasteiger partial charge is 0.236 e. The Bertz CT molecular complexity index is 576. The van der Waals surface area contributed by atoms with Gasteiger partial charge >= 0.3 is 0 Å². The average Bonchev–Trinajstić information content (AvgIpc) is 2.73. The minimum absolute atomic E-state index is 0.0151. The number of imidazole rings is 1. The molecule has 0 saturated carbocycles. The molecule has 1 unspecified atom stereocenters. The molecule has 0 aliphatic carbocycles. The van der Waals surface area contributed by atoms with Crippen molar-refractivity contribution >= 4 is 16.9 Å². The van der Waals surface area contributed by atoms with Gasteiger partial charge in [-0.1, -0.05) is 12.1 Å². The van der Waals surface area contributed by atoms with Gasteiger partial charge in [-0.05, 0) is 26.0 Å². The molecule has 0 bridgehead atoms. The number of carbonyl (C=O) groups excluding carboxylic acids is 1. The van der Waals surface area contributed by atoms with E-state index in [0.717, 1.165) is 16.9 Å². The van der Waals surface area contributed by atoms with Crippen LogP contribution in [0.15, 0.2) is 24.3 Å². The van der Waals surface area contributed by atoms with Crippen LogP contribution in [0.2, 0.25) is 0 Å². The fourth-order valence-corrected chi connectivity index (χ4v) is 2.02. The predicted octanol–water partition coefficient (Wildman–Crippen LogP) is 1.19. The summed E-state index contributed by atoms with van der Waals surface area (Å²) < 4.78 is 2.05. The minimum atomic E-state index is -0.222. The molecule has 0 fully saturated rings. The van der Waals surface area contributed by atoms with E-state index in [1.54, 1.807) is 0 Å². The van der Waals surface area contributed by atoms with Crippen LogP contribution in [-0.2, 0) is 18.4 Å².